The molecule has 326 valence electrons. The minimum absolute atomic E-state index is 0.0412. The van der Waals surface area contributed by atoms with Gasteiger partial charge in [-0.25, -0.2) is 24.5 Å². The standard InChI is InChI=1S/C43H49F4N7O7/c1-41(2,3)61-40(59)51-22-26-7-9-28(10-8-26)34(55)21-31(20-27-5-4-6-30(19-27)32-23-49-39(50-24-32)54-15-17-60-18-16-54)37(56)52-33-13-11-29(12-14-33)36-48-25-35(53-36)42(44,45)43(46,47)38(57)58/h4-6,11-14,19,23-24,26,28,31H,7-10,15-18,20-22,25H2,1-3H3,(H,51,59)(H,52,56)(H,57,58)/t26?,28?,31-/m1/s1. The summed E-state index contributed by atoms with van der Waals surface area (Å²) < 4.78 is 67.1. The van der Waals surface area contributed by atoms with Crippen LogP contribution in [0.4, 0.5) is 34.0 Å². The number of aliphatic imine (C=N–C) groups is 2. The summed E-state index contributed by atoms with van der Waals surface area (Å²) in [6, 6.07) is 13.3. The third kappa shape index (κ3) is 11.3. The number of carboxylic acids is 1. The van der Waals surface area contributed by atoms with E-state index in [1.54, 1.807) is 33.2 Å². The van der Waals surface area contributed by atoms with Crippen LogP contribution >= 0.6 is 0 Å². The Hall–Kier alpha value is -5.78. The molecule has 3 N–H and O–H groups in total. The molecule has 1 saturated heterocycles. The molecule has 2 amide bonds. The number of Topliss-reactive ketones (excluding diaryl/α,β-unsaturated/α-hetero) is 1. The predicted octanol–water partition coefficient (Wildman–Crippen LogP) is 6.62. The van der Waals surface area contributed by atoms with E-state index in [2.05, 4.69) is 30.6 Å². The zero-order chi connectivity index (χ0) is 44.0. The van der Waals surface area contributed by atoms with Crippen LogP contribution in [0.5, 0.6) is 0 Å². The molecule has 3 aliphatic rings. The number of hydrogen-bond donors (Lipinski definition) is 3. The number of nitrogens with zero attached hydrogens (tertiary/aromatic N) is 5. The summed E-state index contributed by atoms with van der Waals surface area (Å²) in [6.45, 7) is 7.48. The molecule has 2 aromatic carbocycles. The monoisotopic (exact) mass is 851 g/mol. The molecule has 3 heterocycles. The van der Waals surface area contributed by atoms with Gasteiger partial charge in [-0.3, -0.25) is 14.6 Å². The fraction of sp³-hybridized carbons (Fsp3) is 0.488. The van der Waals surface area contributed by atoms with Crippen molar-refractivity contribution in [3.63, 3.8) is 0 Å². The van der Waals surface area contributed by atoms with Crippen LogP contribution in [0.2, 0.25) is 0 Å². The number of rotatable bonds is 15. The number of amidine groups is 1. The lowest BCUT2D eigenvalue weighted by molar-refractivity contribution is -0.202. The second-order valence-electron chi connectivity index (χ2n) is 16.5. The van der Waals surface area contributed by atoms with Crippen molar-refractivity contribution in [3.8, 4) is 11.1 Å². The normalized spacial score (nSPS) is 19.0. The van der Waals surface area contributed by atoms with Crippen LogP contribution in [-0.2, 0) is 30.3 Å². The molecule has 2 fully saturated rings. The van der Waals surface area contributed by atoms with Gasteiger partial charge in [-0.1, -0.05) is 24.3 Å². The average molecular weight is 852 g/mol. The van der Waals surface area contributed by atoms with Crippen LogP contribution in [0.1, 0.15) is 64.0 Å². The summed E-state index contributed by atoms with van der Waals surface area (Å²) in [6.07, 6.45) is 5.84. The molecule has 3 aromatic rings. The third-order valence-electron chi connectivity index (χ3n) is 10.8. The molecule has 0 bridgehead atoms. The van der Waals surface area contributed by atoms with Crippen molar-refractivity contribution >= 4 is 46.9 Å². The number of carboxylic acid groups (broad SMARTS) is 1. The molecule has 0 radical (unpaired) electrons. The number of aromatic nitrogens is 2. The number of alkyl carbamates (subject to hydrolysis) is 1. The molecular formula is C43H49F4N7O7. The number of ketones is 1. The summed E-state index contributed by atoms with van der Waals surface area (Å²) in [4.78, 5) is 69.4. The van der Waals surface area contributed by atoms with Crippen molar-refractivity contribution in [2.45, 2.75) is 76.7 Å². The molecule has 6 rings (SSSR count). The smallest absolute Gasteiger partial charge is 0.409 e. The number of benzene rings is 2. The number of carbonyl (C=O) groups excluding carboxylic acids is 3. The van der Waals surface area contributed by atoms with Gasteiger partial charge in [0.2, 0.25) is 11.9 Å². The molecular weight excluding hydrogens is 803 g/mol. The molecule has 1 aromatic heterocycles. The van der Waals surface area contributed by atoms with Crippen LogP contribution in [0.3, 0.4) is 0 Å². The molecule has 1 atom stereocenters. The number of hydrogen-bond acceptors (Lipinski definition) is 11. The largest absolute Gasteiger partial charge is 0.477 e. The fourth-order valence-electron chi connectivity index (χ4n) is 7.39. The van der Waals surface area contributed by atoms with Crippen molar-refractivity contribution in [1.82, 2.24) is 15.3 Å². The predicted molar refractivity (Wildman–Crippen MR) is 218 cm³/mol. The number of amides is 2. The van der Waals surface area contributed by atoms with Gasteiger partial charge in [0, 0.05) is 67.1 Å². The second-order valence-corrected chi connectivity index (χ2v) is 16.5. The first-order valence-corrected chi connectivity index (χ1v) is 20.2. The zero-order valence-corrected chi connectivity index (χ0v) is 34.1. The van der Waals surface area contributed by atoms with Crippen LogP contribution in [0, 0.1) is 17.8 Å². The van der Waals surface area contributed by atoms with Gasteiger partial charge in [-0.15, -0.1) is 0 Å². The Morgan fingerprint density at radius 2 is 1.59 bits per heavy atom. The molecule has 18 heteroatoms. The Morgan fingerprint density at radius 3 is 2.23 bits per heavy atom. The van der Waals surface area contributed by atoms with Gasteiger partial charge < -0.3 is 30.1 Å². The number of anilines is 2. The minimum Gasteiger partial charge on any atom is -0.477 e. The molecule has 1 saturated carbocycles. The number of nitrogens with one attached hydrogen (secondary N) is 2. The van der Waals surface area contributed by atoms with E-state index in [0.29, 0.717) is 57.3 Å². The highest BCUT2D eigenvalue weighted by atomic mass is 19.3. The minimum atomic E-state index is -5.38. The SMILES string of the molecule is CC(C)(C)OC(=O)NCC1CCC(C(=O)C[C@@H](Cc2cccc(-c3cnc(N4CCOCC4)nc3)c2)C(=O)Nc2ccc(C3=NCC(C(F)(F)C(F)(F)C(=O)O)=N3)cc2)CC1. The lowest BCUT2D eigenvalue weighted by atomic mass is 9.77. The lowest BCUT2D eigenvalue weighted by Gasteiger charge is -2.29. The van der Waals surface area contributed by atoms with E-state index >= 15 is 0 Å². The van der Waals surface area contributed by atoms with Crippen molar-refractivity contribution in [2.75, 3.05) is 49.6 Å². The van der Waals surface area contributed by atoms with E-state index in [1.807, 2.05) is 29.2 Å². The van der Waals surface area contributed by atoms with Crippen LogP contribution in [0.15, 0.2) is 70.9 Å². The first-order chi connectivity index (χ1) is 28.9. The van der Waals surface area contributed by atoms with Gasteiger partial charge in [-0.2, -0.15) is 17.6 Å². The number of carbonyl (C=O) groups is 4. The number of morpholine rings is 1. The summed E-state index contributed by atoms with van der Waals surface area (Å²) in [5.41, 5.74) is 0.882. The van der Waals surface area contributed by atoms with Crippen molar-refractivity contribution in [1.29, 1.82) is 0 Å². The number of ether oxygens (including phenoxy) is 2. The maximum Gasteiger partial charge on any atom is 0.409 e. The maximum atomic E-state index is 14.4. The number of aliphatic carboxylic acids is 1. The Bertz CT molecular complexity index is 2130. The quantitative estimate of drug-likeness (QED) is 0.140. The van der Waals surface area contributed by atoms with Gasteiger partial charge in [0.05, 0.1) is 19.8 Å². The molecule has 2 aliphatic heterocycles. The van der Waals surface area contributed by atoms with Gasteiger partial charge in [-0.05, 0) is 94.2 Å². The summed E-state index contributed by atoms with van der Waals surface area (Å²) >= 11 is 0. The fourth-order valence-corrected chi connectivity index (χ4v) is 7.39. The Kier molecular flexibility index (Phi) is 13.8. The highest BCUT2D eigenvalue weighted by Gasteiger charge is 2.65. The highest BCUT2D eigenvalue weighted by Crippen LogP contribution is 2.37. The van der Waals surface area contributed by atoms with Crippen molar-refractivity contribution in [3.05, 3.63) is 72.1 Å². The van der Waals surface area contributed by atoms with E-state index < -0.39 is 53.6 Å². The number of halogens is 4. The zero-order valence-electron chi connectivity index (χ0n) is 34.1. The lowest BCUT2D eigenvalue weighted by Crippen LogP contribution is -2.52. The van der Waals surface area contributed by atoms with Gasteiger partial charge in [0.15, 0.2) is 5.84 Å². The van der Waals surface area contributed by atoms with E-state index in [1.165, 1.54) is 24.3 Å². The molecule has 0 spiro atoms. The Balaban J connectivity index is 1.14. The Labute approximate surface area is 350 Å². The second kappa shape index (κ2) is 18.9. The summed E-state index contributed by atoms with van der Waals surface area (Å²) in [5, 5.41) is 14.3. The first kappa shape index (κ1) is 44.8. The van der Waals surface area contributed by atoms with Crippen LogP contribution in [0.25, 0.3) is 11.1 Å². The van der Waals surface area contributed by atoms with E-state index in [4.69, 9.17) is 14.6 Å². The molecule has 61 heavy (non-hydrogen) atoms. The molecule has 0 unspecified atom stereocenters. The topological polar surface area (TPSA) is 185 Å². The molecule has 14 nitrogen and oxygen atoms in total. The van der Waals surface area contributed by atoms with Crippen LogP contribution in [-0.4, -0.2) is 107 Å². The molecule has 1 aliphatic carbocycles. The number of alkyl halides is 4. The maximum absolute atomic E-state index is 14.4. The highest BCUT2D eigenvalue weighted by molar-refractivity contribution is 6.15. The van der Waals surface area contributed by atoms with Gasteiger partial charge in [0.25, 0.3) is 0 Å². The van der Waals surface area contributed by atoms with E-state index in [9.17, 15) is 36.7 Å². The van der Waals surface area contributed by atoms with Gasteiger partial charge in [0.1, 0.15) is 17.1 Å². The first-order valence-electron chi connectivity index (χ1n) is 20.2. The van der Waals surface area contributed by atoms with Crippen LogP contribution < -0.4 is 15.5 Å². The van der Waals surface area contributed by atoms with Crippen molar-refractivity contribution < 1.29 is 51.3 Å². The summed E-state index contributed by atoms with van der Waals surface area (Å²) in [5.74, 6) is -14.5. The Morgan fingerprint density at radius 1 is 0.918 bits per heavy atom. The van der Waals surface area contributed by atoms with Crippen molar-refractivity contribution in [2.24, 2.45) is 27.7 Å². The summed E-state index contributed by atoms with van der Waals surface area (Å²) in [7, 11) is 0. The average Bonchev–Trinajstić information content (AvgIpc) is 3.74. The van der Waals surface area contributed by atoms with E-state index in [0.717, 1.165) is 29.5 Å². The van der Waals surface area contributed by atoms with E-state index in [-0.39, 0.29) is 41.9 Å². The third-order valence-corrected chi connectivity index (χ3v) is 10.8. The van der Waals surface area contributed by atoms with Gasteiger partial charge >= 0.3 is 23.9 Å².